The van der Waals surface area contributed by atoms with E-state index < -0.39 is 0 Å². The largest absolute Gasteiger partial charge is 0.326 e. The molecule has 1 N–H and O–H groups in total. The van der Waals surface area contributed by atoms with Crippen LogP contribution in [0, 0.1) is 0 Å². The third-order valence-electron chi connectivity index (χ3n) is 3.31. The van der Waals surface area contributed by atoms with Gasteiger partial charge in [0.25, 0.3) is 0 Å². The number of imidazole rings is 1. The molecular weight excluding hydrogens is 284 g/mol. The Hall–Kier alpha value is -2.33. The minimum Gasteiger partial charge on any atom is -0.326 e. The third-order valence-corrected chi connectivity index (χ3v) is 3.56. The summed E-state index contributed by atoms with van der Waals surface area (Å²) in [4.78, 5) is 4.61. The maximum absolute atomic E-state index is 5.86. The highest BCUT2D eigenvalue weighted by atomic mass is 35.5. The lowest BCUT2D eigenvalue weighted by molar-refractivity contribution is 0.926. The molecule has 0 amide bonds. The van der Waals surface area contributed by atoms with E-state index in [9.17, 15) is 0 Å². The fourth-order valence-electron chi connectivity index (χ4n) is 2.19. The quantitative estimate of drug-likeness (QED) is 0.585. The number of anilines is 1. The van der Waals surface area contributed by atoms with Crippen LogP contribution in [0.25, 0.3) is 11.0 Å². The van der Waals surface area contributed by atoms with Gasteiger partial charge >= 0.3 is 0 Å². The summed E-state index contributed by atoms with van der Waals surface area (Å²) < 4.78 is 2.04. The summed E-state index contributed by atoms with van der Waals surface area (Å²) in [6, 6.07) is 15.4. The summed E-state index contributed by atoms with van der Waals surface area (Å²) in [7, 11) is 1.99. The second kappa shape index (κ2) is 5.58. The lowest BCUT2D eigenvalue weighted by atomic mass is 10.3. The van der Waals surface area contributed by atoms with Crippen LogP contribution in [0.15, 0.2) is 53.6 Å². The maximum atomic E-state index is 5.86. The Labute approximate surface area is 128 Å². The van der Waals surface area contributed by atoms with E-state index in [-0.39, 0.29) is 0 Å². The molecule has 0 atom stereocenters. The van der Waals surface area contributed by atoms with Crippen LogP contribution < -0.4 is 5.43 Å². The number of hydrogen-bond acceptors (Lipinski definition) is 3. The number of hydrazone groups is 1. The highest BCUT2D eigenvalue weighted by Crippen LogP contribution is 2.16. The molecule has 0 unspecified atom stereocenters. The highest BCUT2D eigenvalue weighted by Gasteiger charge is 2.09. The number of nitrogens with one attached hydrogen (secondary N) is 1. The van der Waals surface area contributed by atoms with Crippen molar-refractivity contribution in [3.8, 4) is 0 Å². The number of fused-ring (bicyclic) bond motifs is 1. The topological polar surface area (TPSA) is 42.2 Å². The highest BCUT2D eigenvalue weighted by molar-refractivity contribution is 6.30. The van der Waals surface area contributed by atoms with Crippen molar-refractivity contribution < 1.29 is 0 Å². The summed E-state index contributed by atoms with van der Waals surface area (Å²) in [6.07, 6.45) is 0. The van der Waals surface area contributed by atoms with Crippen LogP contribution >= 0.6 is 11.6 Å². The molecule has 5 heteroatoms. The normalized spacial score (nSPS) is 11.9. The SMILES string of the molecule is C/C(=N\Nc1ccc(Cl)cc1)c1nc2ccccc2n1C. The Morgan fingerprint density at radius 2 is 1.86 bits per heavy atom. The Kier molecular flexibility index (Phi) is 3.62. The second-order valence-electron chi connectivity index (χ2n) is 4.80. The minimum atomic E-state index is 0.705. The van der Waals surface area contributed by atoms with Crippen molar-refractivity contribution in [3.05, 3.63) is 59.4 Å². The van der Waals surface area contributed by atoms with Crippen LogP contribution in [0.4, 0.5) is 5.69 Å². The van der Waals surface area contributed by atoms with Crippen molar-refractivity contribution in [3.63, 3.8) is 0 Å². The minimum absolute atomic E-state index is 0.705. The molecule has 1 heterocycles. The number of benzene rings is 2. The number of halogens is 1. The van der Waals surface area contributed by atoms with Crippen molar-refractivity contribution >= 4 is 34.0 Å². The third kappa shape index (κ3) is 2.76. The number of nitrogens with zero attached hydrogens (tertiary/aromatic N) is 3. The van der Waals surface area contributed by atoms with Gasteiger partial charge in [-0.3, -0.25) is 5.43 Å². The molecular formula is C16H15ClN4. The second-order valence-corrected chi connectivity index (χ2v) is 5.24. The maximum Gasteiger partial charge on any atom is 0.156 e. The first kappa shape index (κ1) is 13.6. The van der Waals surface area contributed by atoms with E-state index >= 15 is 0 Å². The molecule has 3 rings (SSSR count). The van der Waals surface area contributed by atoms with Crippen LogP contribution in [0.2, 0.25) is 5.02 Å². The molecule has 21 heavy (non-hydrogen) atoms. The van der Waals surface area contributed by atoms with E-state index in [0.29, 0.717) is 5.02 Å². The van der Waals surface area contributed by atoms with Gasteiger partial charge in [0, 0.05) is 12.1 Å². The van der Waals surface area contributed by atoms with Crippen molar-refractivity contribution in [2.24, 2.45) is 12.1 Å². The van der Waals surface area contributed by atoms with Gasteiger partial charge in [0.1, 0.15) is 5.71 Å². The Balaban J connectivity index is 1.89. The van der Waals surface area contributed by atoms with Crippen molar-refractivity contribution in [2.45, 2.75) is 6.92 Å². The monoisotopic (exact) mass is 298 g/mol. The van der Waals surface area contributed by atoms with Gasteiger partial charge < -0.3 is 4.57 Å². The summed E-state index contributed by atoms with van der Waals surface area (Å²) in [5.41, 5.74) is 6.79. The zero-order valence-corrected chi connectivity index (χ0v) is 12.6. The molecule has 0 radical (unpaired) electrons. The van der Waals surface area contributed by atoms with Crippen LogP contribution in [0.3, 0.4) is 0 Å². The van der Waals surface area contributed by atoms with Gasteiger partial charge in [0.15, 0.2) is 5.82 Å². The molecule has 0 saturated heterocycles. The van der Waals surface area contributed by atoms with Gasteiger partial charge in [-0.15, -0.1) is 0 Å². The van der Waals surface area contributed by atoms with Crippen LogP contribution in [0.1, 0.15) is 12.7 Å². The first-order valence-corrected chi connectivity index (χ1v) is 7.00. The van der Waals surface area contributed by atoms with Gasteiger partial charge in [-0.2, -0.15) is 5.10 Å². The summed E-state index contributed by atoms with van der Waals surface area (Å²) >= 11 is 5.86. The van der Waals surface area contributed by atoms with Crippen molar-refractivity contribution in [1.82, 2.24) is 9.55 Å². The standard InChI is InChI=1S/C16H15ClN4/c1-11(19-20-13-9-7-12(17)8-10-13)16-18-14-5-3-4-6-15(14)21(16)2/h3-10,20H,1-2H3/b19-11+. The first-order chi connectivity index (χ1) is 10.1. The van der Waals surface area contributed by atoms with E-state index in [1.165, 1.54) is 0 Å². The molecule has 0 saturated carbocycles. The van der Waals surface area contributed by atoms with Gasteiger partial charge in [-0.1, -0.05) is 23.7 Å². The van der Waals surface area contributed by atoms with E-state index in [4.69, 9.17) is 11.6 Å². The van der Waals surface area contributed by atoms with Crippen molar-refractivity contribution in [2.75, 3.05) is 5.43 Å². The smallest absolute Gasteiger partial charge is 0.156 e. The lowest BCUT2D eigenvalue weighted by Crippen LogP contribution is -2.07. The molecule has 0 fully saturated rings. The number of rotatable bonds is 3. The number of aromatic nitrogens is 2. The van der Waals surface area contributed by atoms with Crippen LogP contribution in [0.5, 0.6) is 0 Å². The van der Waals surface area contributed by atoms with E-state index in [1.54, 1.807) is 0 Å². The zero-order chi connectivity index (χ0) is 14.8. The average Bonchev–Trinajstić information content (AvgIpc) is 2.84. The Morgan fingerprint density at radius 1 is 1.14 bits per heavy atom. The predicted octanol–water partition coefficient (Wildman–Crippen LogP) is 4.06. The number of para-hydroxylation sites is 2. The molecule has 1 aromatic heterocycles. The van der Waals surface area contributed by atoms with Gasteiger partial charge in [0.05, 0.1) is 16.7 Å². The molecule has 0 spiro atoms. The van der Waals surface area contributed by atoms with E-state index in [1.807, 2.05) is 67.1 Å². The first-order valence-electron chi connectivity index (χ1n) is 6.63. The molecule has 0 aliphatic carbocycles. The van der Waals surface area contributed by atoms with Crippen molar-refractivity contribution in [1.29, 1.82) is 0 Å². The summed E-state index contributed by atoms with van der Waals surface area (Å²) in [6.45, 7) is 1.93. The van der Waals surface area contributed by atoms with Gasteiger partial charge in [-0.25, -0.2) is 4.98 Å². The van der Waals surface area contributed by atoms with E-state index in [0.717, 1.165) is 28.3 Å². The Morgan fingerprint density at radius 3 is 2.57 bits per heavy atom. The van der Waals surface area contributed by atoms with Crippen LogP contribution in [-0.2, 0) is 7.05 Å². The van der Waals surface area contributed by atoms with Crippen LogP contribution in [-0.4, -0.2) is 15.3 Å². The average molecular weight is 299 g/mol. The molecule has 106 valence electrons. The number of hydrogen-bond donors (Lipinski definition) is 1. The molecule has 2 aromatic carbocycles. The lowest BCUT2D eigenvalue weighted by Gasteiger charge is -2.04. The van der Waals surface area contributed by atoms with Gasteiger partial charge in [0.2, 0.25) is 0 Å². The summed E-state index contributed by atoms with van der Waals surface area (Å²) in [5.74, 6) is 0.845. The molecule has 0 aliphatic heterocycles. The predicted molar refractivity (Wildman–Crippen MR) is 88.0 cm³/mol. The zero-order valence-electron chi connectivity index (χ0n) is 11.8. The van der Waals surface area contributed by atoms with Gasteiger partial charge in [-0.05, 0) is 43.3 Å². The number of aryl methyl sites for hydroxylation is 1. The molecule has 3 aromatic rings. The summed E-state index contributed by atoms with van der Waals surface area (Å²) in [5, 5.41) is 5.10. The molecule has 0 bridgehead atoms. The van der Waals surface area contributed by atoms with E-state index in [2.05, 4.69) is 15.5 Å². The molecule has 4 nitrogen and oxygen atoms in total. The fourth-order valence-corrected chi connectivity index (χ4v) is 2.32. The Bertz CT molecular complexity index is 803. The molecule has 0 aliphatic rings. The fraction of sp³-hybridized carbons (Fsp3) is 0.125.